The molecule has 1 aromatic heterocycles. The van der Waals surface area contributed by atoms with Gasteiger partial charge >= 0.3 is 0 Å². The highest BCUT2D eigenvalue weighted by Crippen LogP contribution is 2.32. The minimum Gasteiger partial charge on any atom is -0.508 e. The lowest BCUT2D eigenvalue weighted by Crippen LogP contribution is -2.11. The topological polar surface area (TPSA) is 49.3 Å². The number of hydrogen-bond donors (Lipinski definition) is 2. The smallest absolute Gasteiger partial charge is 0.265 e. The first kappa shape index (κ1) is 14.5. The number of amides is 1. The number of aromatic hydroxyl groups is 1. The maximum atomic E-state index is 12.4. The highest BCUT2D eigenvalue weighted by molar-refractivity contribution is 7.98. The van der Waals surface area contributed by atoms with Crippen LogP contribution in [0, 0.1) is 13.8 Å². The van der Waals surface area contributed by atoms with Crippen molar-refractivity contribution in [1.29, 1.82) is 0 Å². The molecular formula is C16H17NO2S2. The molecule has 0 radical (unpaired) electrons. The van der Waals surface area contributed by atoms with Gasteiger partial charge < -0.3 is 10.4 Å². The van der Waals surface area contributed by atoms with Gasteiger partial charge in [0, 0.05) is 16.3 Å². The predicted molar refractivity (Wildman–Crippen MR) is 89.7 cm³/mol. The normalized spacial score (nSPS) is 13.8. The van der Waals surface area contributed by atoms with Crippen LogP contribution in [0.4, 0.5) is 5.69 Å². The van der Waals surface area contributed by atoms with E-state index in [0.29, 0.717) is 0 Å². The molecule has 0 unspecified atom stereocenters. The van der Waals surface area contributed by atoms with Gasteiger partial charge in [-0.15, -0.1) is 11.3 Å². The van der Waals surface area contributed by atoms with E-state index in [1.165, 1.54) is 10.4 Å². The van der Waals surface area contributed by atoms with E-state index in [0.717, 1.165) is 39.6 Å². The van der Waals surface area contributed by atoms with Crippen molar-refractivity contribution in [3.05, 3.63) is 44.6 Å². The molecule has 0 atom stereocenters. The number of anilines is 1. The Bertz CT molecular complexity index is 683. The van der Waals surface area contributed by atoms with Crippen molar-refractivity contribution in [3.63, 3.8) is 0 Å². The number of rotatable bonds is 2. The van der Waals surface area contributed by atoms with Crippen LogP contribution in [0.15, 0.2) is 18.2 Å². The molecule has 110 valence electrons. The lowest BCUT2D eigenvalue weighted by molar-refractivity contribution is 0.103. The van der Waals surface area contributed by atoms with E-state index in [1.807, 2.05) is 37.7 Å². The maximum Gasteiger partial charge on any atom is 0.265 e. The fourth-order valence-electron chi connectivity index (χ4n) is 2.38. The second-order valence-electron chi connectivity index (χ2n) is 5.27. The van der Waals surface area contributed by atoms with Crippen molar-refractivity contribution in [2.75, 3.05) is 11.1 Å². The predicted octanol–water partition coefficient (Wildman–Crippen LogP) is 4.11. The van der Waals surface area contributed by atoms with E-state index in [-0.39, 0.29) is 11.7 Å². The molecule has 0 saturated heterocycles. The summed E-state index contributed by atoms with van der Waals surface area (Å²) in [6.45, 7) is 3.70. The summed E-state index contributed by atoms with van der Waals surface area (Å²) >= 11 is 3.52. The van der Waals surface area contributed by atoms with Gasteiger partial charge in [0.25, 0.3) is 5.91 Å². The lowest BCUT2D eigenvalue weighted by atomic mass is 10.1. The first-order valence-electron chi connectivity index (χ1n) is 6.85. The third kappa shape index (κ3) is 2.94. The van der Waals surface area contributed by atoms with Crippen LogP contribution in [0.25, 0.3) is 0 Å². The summed E-state index contributed by atoms with van der Waals surface area (Å²) in [7, 11) is 0. The van der Waals surface area contributed by atoms with Crippen molar-refractivity contribution in [2.24, 2.45) is 0 Å². The summed E-state index contributed by atoms with van der Waals surface area (Å²) in [5, 5.41) is 12.6. The highest BCUT2D eigenvalue weighted by Gasteiger charge is 2.18. The van der Waals surface area contributed by atoms with Gasteiger partial charge in [0.15, 0.2) is 0 Å². The zero-order valence-electron chi connectivity index (χ0n) is 12.0. The van der Waals surface area contributed by atoms with Crippen LogP contribution in [0.3, 0.4) is 0 Å². The average molecular weight is 319 g/mol. The molecule has 1 aromatic carbocycles. The van der Waals surface area contributed by atoms with Crippen molar-refractivity contribution < 1.29 is 9.90 Å². The first-order chi connectivity index (χ1) is 10.0. The van der Waals surface area contributed by atoms with E-state index in [1.54, 1.807) is 17.4 Å². The number of phenolic OH excluding ortho intramolecular Hbond substituents is 1. The van der Waals surface area contributed by atoms with Gasteiger partial charge in [0.1, 0.15) is 5.75 Å². The van der Waals surface area contributed by atoms with Crippen LogP contribution in [0.1, 0.15) is 31.2 Å². The Morgan fingerprint density at radius 2 is 2.05 bits per heavy atom. The van der Waals surface area contributed by atoms with Gasteiger partial charge in [0.05, 0.1) is 4.88 Å². The summed E-state index contributed by atoms with van der Waals surface area (Å²) < 4.78 is 0. The number of carbonyl (C=O) groups is 1. The van der Waals surface area contributed by atoms with Crippen LogP contribution in [0.2, 0.25) is 0 Å². The number of fused-ring (bicyclic) bond motifs is 1. The summed E-state index contributed by atoms with van der Waals surface area (Å²) in [6.07, 6.45) is 1.06. The molecule has 3 nitrogen and oxygen atoms in total. The molecule has 2 N–H and O–H groups in total. The summed E-state index contributed by atoms with van der Waals surface area (Å²) in [5.41, 5.74) is 3.69. The minimum absolute atomic E-state index is 0.0624. The van der Waals surface area contributed by atoms with Crippen molar-refractivity contribution >= 4 is 34.7 Å². The third-order valence-electron chi connectivity index (χ3n) is 3.64. The van der Waals surface area contributed by atoms with Crippen molar-refractivity contribution in [3.8, 4) is 5.75 Å². The summed E-state index contributed by atoms with van der Waals surface area (Å²) in [4.78, 5) is 14.5. The first-order valence-corrected chi connectivity index (χ1v) is 8.82. The quantitative estimate of drug-likeness (QED) is 0.819. The van der Waals surface area contributed by atoms with Crippen LogP contribution in [0.5, 0.6) is 5.75 Å². The summed E-state index contributed by atoms with van der Waals surface area (Å²) in [5.74, 6) is 2.35. The Kier molecular flexibility index (Phi) is 3.95. The van der Waals surface area contributed by atoms with E-state index in [4.69, 9.17) is 0 Å². The Morgan fingerprint density at radius 1 is 1.24 bits per heavy atom. The summed E-state index contributed by atoms with van der Waals surface area (Å²) in [6, 6.07) is 5.51. The van der Waals surface area contributed by atoms with Gasteiger partial charge in [-0.05, 0) is 60.9 Å². The molecule has 1 aliphatic rings. The molecule has 0 aliphatic carbocycles. The molecular weight excluding hydrogens is 302 g/mol. The van der Waals surface area contributed by atoms with Crippen LogP contribution in [-0.2, 0) is 12.2 Å². The van der Waals surface area contributed by atoms with Crippen LogP contribution < -0.4 is 5.32 Å². The maximum absolute atomic E-state index is 12.4. The Hall–Kier alpha value is -1.46. The Morgan fingerprint density at radius 3 is 2.81 bits per heavy atom. The molecule has 21 heavy (non-hydrogen) atoms. The zero-order valence-corrected chi connectivity index (χ0v) is 13.7. The molecule has 0 fully saturated rings. The van der Waals surface area contributed by atoms with Crippen LogP contribution >= 0.6 is 23.1 Å². The zero-order chi connectivity index (χ0) is 15.0. The van der Waals surface area contributed by atoms with Crippen LogP contribution in [-0.4, -0.2) is 16.8 Å². The van der Waals surface area contributed by atoms with Gasteiger partial charge in [-0.3, -0.25) is 4.79 Å². The molecule has 2 aromatic rings. The average Bonchev–Trinajstić information content (AvgIpc) is 2.88. The largest absolute Gasteiger partial charge is 0.508 e. The SMILES string of the molecule is Cc1cc(NC(=O)c2cc3c(s2)CCSC3)c(C)cc1O. The molecule has 2 heterocycles. The Balaban J connectivity index is 1.83. The number of thioether (sulfide) groups is 1. The number of hydrogen-bond acceptors (Lipinski definition) is 4. The van der Waals surface area contributed by atoms with Crippen molar-refractivity contribution in [2.45, 2.75) is 26.0 Å². The molecule has 1 aliphatic heterocycles. The molecule has 5 heteroatoms. The highest BCUT2D eigenvalue weighted by atomic mass is 32.2. The van der Waals surface area contributed by atoms with E-state index in [9.17, 15) is 9.90 Å². The van der Waals surface area contributed by atoms with Gasteiger partial charge in [-0.25, -0.2) is 0 Å². The number of thiophene rings is 1. The second-order valence-corrected chi connectivity index (χ2v) is 7.51. The lowest BCUT2D eigenvalue weighted by Gasteiger charge is -2.09. The molecule has 0 saturated carbocycles. The standard InChI is InChI=1S/C16H17NO2S2/c1-9-6-13(18)10(2)5-12(9)17-16(19)15-7-11-8-20-4-3-14(11)21-15/h5-7,18H,3-4,8H2,1-2H3,(H,17,19). The minimum atomic E-state index is -0.0624. The van der Waals surface area contributed by atoms with E-state index in [2.05, 4.69) is 5.32 Å². The molecule has 3 rings (SSSR count). The van der Waals surface area contributed by atoms with Gasteiger partial charge in [-0.1, -0.05) is 0 Å². The number of nitrogens with one attached hydrogen (secondary N) is 1. The number of carbonyl (C=O) groups excluding carboxylic acids is 1. The fourth-order valence-corrected chi connectivity index (χ4v) is 4.65. The van der Waals surface area contributed by atoms with E-state index < -0.39 is 0 Å². The van der Waals surface area contributed by atoms with E-state index >= 15 is 0 Å². The number of benzene rings is 1. The number of phenols is 1. The molecule has 0 bridgehead atoms. The fraction of sp³-hybridized carbons (Fsp3) is 0.312. The molecule has 0 spiro atoms. The second kappa shape index (κ2) is 5.73. The monoisotopic (exact) mass is 319 g/mol. The van der Waals surface area contributed by atoms with Gasteiger partial charge in [0.2, 0.25) is 0 Å². The number of aryl methyl sites for hydroxylation is 3. The Labute approximate surface area is 132 Å². The van der Waals surface area contributed by atoms with Crippen molar-refractivity contribution in [1.82, 2.24) is 0 Å². The van der Waals surface area contributed by atoms with Gasteiger partial charge in [-0.2, -0.15) is 11.8 Å². The third-order valence-corrected chi connectivity index (χ3v) is 5.89. The molecule has 1 amide bonds.